The minimum Gasteiger partial charge on any atom is -0.396 e. The van der Waals surface area contributed by atoms with Crippen LogP contribution in [-0.4, -0.2) is 33.6 Å². The highest BCUT2D eigenvalue weighted by atomic mass is 16.3. The Kier molecular flexibility index (Phi) is 9.23. The van der Waals surface area contributed by atoms with Gasteiger partial charge in [-0.25, -0.2) is 0 Å². The molecule has 3 N–H and O–H groups in total. The van der Waals surface area contributed by atoms with Gasteiger partial charge in [-0.3, -0.25) is 0 Å². The predicted molar refractivity (Wildman–Crippen MR) is 142 cm³/mol. The third kappa shape index (κ3) is 5.86. The van der Waals surface area contributed by atoms with Crippen molar-refractivity contribution < 1.29 is 15.3 Å². The fraction of sp³-hybridized carbons (Fsp3) is 0.677. The highest BCUT2D eigenvalue weighted by Gasteiger charge is 2.50. The first kappa shape index (κ1) is 27.2. The van der Waals surface area contributed by atoms with Gasteiger partial charge in [-0.2, -0.15) is 0 Å². The Hall–Kier alpha value is -1.42. The van der Waals surface area contributed by atoms with E-state index in [1.54, 1.807) is 5.57 Å². The Labute approximate surface area is 208 Å². The zero-order valence-electron chi connectivity index (χ0n) is 22.0. The lowest BCUT2D eigenvalue weighted by atomic mass is 9.61. The Morgan fingerprint density at radius 3 is 2.59 bits per heavy atom. The van der Waals surface area contributed by atoms with Crippen LogP contribution < -0.4 is 0 Å². The summed E-state index contributed by atoms with van der Waals surface area (Å²) in [6.07, 6.45) is 21.5. The average molecular weight is 469 g/mol. The van der Waals surface area contributed by atoms with Gasteiger partial charge >= 0.3 is 0 Å². The van der Waals surface area contributed by atoms with E-state index in [2.05, 4.69) is 44.7 Å². The van der Waals surface area contributed by atoms with Crippen LogP contribution in [0, 0.1) is 29.1 Å². The summed E-state index contributed by atoms with van der Waals surface area (Å²) in [6, 6.07) is 0. The van der Waals surface area contributed by atoms with E-state index in [9.17, 15) is 15.3 Å². The molecule has 0 heterocycles. The van der Waals surface area contributed by atoms with Gasteiger partial charge in [-0.15, -0.1) is 0 Å². The van der Waals surface area contributed by atoms with Crippen LogP contribution in [0.5, 0.6) is 0 Å². The summed E-state index contributed by atoms with van der Waals surface area (Å²) in [5.74, 6) is 1.77. The van der Waals surface area contributed by atoms with Crippen molar-refractivity contribution in [2.75, 3.05) is 6.61 Å². The summed E-state index contributed by atoms with van der Waals surface area (Å²) < 4.78 is 0. The maximum Gasteiger partial charge on any atom is 0.0825 e. The number of aliphatic hydroxyl groups is 3. The molecular formula is C31H48O3. The fourth-order valence-corrected chi connectivity index (χ4v) is 7.01. The molecule has 0 aromatic heterocycles. The summed E-state index contributed by atoms with van der Waals surface area (Å²) in [7, 11) is 0. The Morgan fingerprint density at radius 1 is 1.18 bits per heavy atom. The SMILES string of the molecule is C=C1/C(=C\C=C2/CCCC3(C)C2CCC3C(C)/C=C/C=C/C(O)(CC)CC)CC(O)CC1CO. The van der Waals surface area contributed by atoms with Crippen molar-refractivity contribution in [3.63, 3.8) is 0 Å². The van der Waals surface area contributed by atoms with Gasteiger partial charge in [0.15, 0.2) is 0 Å². The van der Waals surface area contributed by atoms with Crippen molar-refractivity contribution in [2.45, 2.75) is 97.2 Å². The highest BCUT2D eigenvalue weighted by Crippen LogP contribution is 2.59. The maximum absolute atomic E-state index is 10.5. The van der Waals surface area contributed by atoms with Gasteiger partial charge in [-0.1, -0.05) is 76.3 Å². The lowest BCUT2D eigenvalue weighted by molar-refractivity contribution is 0.0828. The van der Waals surface area contributed by atoms with Gasteiger partial charge < -0.3 is 15.3 Å². The molecule has 0 aliphatic heterocycles. The van der Waals surface area contributed by atoms with Crippen molar-refractivity contribution >= 4 is 0 Å². The largest absolute Gasteiger partial charge is 0.396 e. The van der Waals surface area contributed by atoms with E-state index in [4.69, 9.17) is 0 Å². The second-order valence-corrected chi connectivity index (χ2v) is 11.4. The molecule has 6 atom stereocenters. The average Bonchev–Trinajstić information content (AvgIpc) is 3.19. The molecule has 0 aromatic carbocycles. The van der Waals surface area contributed by atoms with Crippen LogP contribution in [0.15, 0.2) is 59.8 Å². The minimum atomic E-state index is -0.688. The summed E-state index contributed by atoms with van der Waals surface area (Å²) in [5.41, 5.74) is 3.29. The van der Waals surface area contributed by atoms with Crippen LogP contribution in [0.3, 0.4) is 0 Å². The molecule has 0 spiro atoms. The Morgan fingerprint density at radius 2 is 1.91 bits per heavy atom. The fourth-order valence-electron chi connectivity index (χ4n) is 7.01. The lowest BCUT2D eigenvalue weighted by Crippen LogP contribution is -2.35. The van der Waals surface area contributed by atoms with Crippen LogP contribution in [-0.2, 0) is 0 Å². The van der Waals surface area contributed by atoms with E-state index in [-0.39, 0.29) is 18.6 Å². The molecule has 3 saturated carbocycles. The minimum absolute atomic E-state index is 0.0202. The van der Waals surface area contributed by atoms with Crippen molar-refractivity contribution in [1.29, 1.82) is 0 Å². The first-order chi connectivity index (χ1) is 16.2. The molecule has 3 aliphatic rings. The van der Waals surface area contributed by atoms with Crippen LogP contribution in [0.25, 0.3) is 0 Å². The molecule has 34 heavy (non-hydrogen) atoms. The van der Waals surface area contributed by atoms with Gasteiger partial charge in [0.05, 0.1) is 18.3 Å². The smallest absolute Gasteiger partial charge is 0.0825 e. The molecule has 0 bridgehead atoms. The lowest BCUT2D eigenvalue weighted by Gasteiger charge is -2.44. The highest BCUT2D eigenvalue weighted by molar-refractivity contribution is 5.38. The van der Waals surface area contributed by atoms with Gasteiger partial charge in [0.25, 0.3) is 0 Å². The van der Waals surface area contributed by atoms with Crippen molar-refractivity contribution in [1.82, 2.24) is 0 Å². The molecule has 0 radical (unpaired) electrons. The van der Waals surface area contributed by atoms with Gasteiger partial charge in [0.1, 0.15) is 0 Å². The van der Waals surface area contributed by atoms with Crippen LogP contribution in [0.4, 0.5) is 0 Å². The van der Waals surface area contributed by atoms with Crippen LogP contribution in [0.1, 0.15) is 85.5 Å². The summed E-state index contributed by atoms with van der Waals surface area (Å²) >= 11 is 0. The molecule has 3 fully saturated rings. The third-order valence-corrected chi connectivity index (χ3v) is 9.47. The molecule has 0 saturated heterocycles. The summed E-state index contributed by atoms with van der Waals surface area (Å²) in [5, 5.41) is 30.4. The zero-order valence-corrected chi connectivity index (χ0v) is 22.0. The number of allylic oxidation sites excluding steroid dienone is 6. The maximum atomic E-state index is 10.5. The van der Waals surface area contributed by atoms with Crippen LogP contribution in [0.2, 0.25) is 0 Å². The predicted octanol–water partition coefficient (Wildman–Crippen LogP) is 6.67. The molecule has 190 valence electrons. The van der Waals surface area contributed by atoms with Gasteiger partial charge in [-0.05, 0) is 92.1 Å². The van der Waals surface area contributed by atoms with E-state index < -0.39 is 5.60 Å². The van der Waals surface area contributed by atoms with Gasteiger partial charge in [0.2, 0.25) is 0 Å². The summed E-state index contributed by atoms with van der Waals surface area (Å²) in [6.45, 7) is 13.2. The normalized spacial score (nSPS) is 36.1. The quantitative estimate of drug-likeness (QED) is 0.348. The number of rotatable bonds is 8. The van der Waals surface area contributed by atoms with E-state index in [0.717, 1.165) is 30.4 Å². The Balaban J connectivity index is 1.72. The van der Waals surface area contributed by atoms with Crippen molar-refractivity contribution in [3.8, 4) is 0 Å². The molecule has 3 rings (SSSR count). The number of fused-ring (bicyclic) bond motifs is 1. The van der Waals surface area contributed by atoms with Gasteiger partial charge in [0, 0.05) is 5.92 Å². The van der Waals surface area contributed by atoms with E-state index in [1.807, 2.05) is 26.0 Å². The van der Waals surface area contributed by atoms with Crippen molar-refractivity contribution in [3.05, 3.63) is 59.8 Å². The molecule has 6 unspecified atom stereocenters. The molecule has 0 aromatic rings. The monoisotopic (exact) mass is 468 g/mol. The first-order valence-electron chi connectivity index (χ1n) is 13.6. The van der Waals surface area contributed by atoms with Crippen LogP contribution >= 0.6 is 0 Å². The number of hydrogen-bond acceptors (Lipinski definition) is 3. The second-order valence-electron chi connectivity index (χ2n) is 11.4. The van der Waals surface area contributed by atoms with E-state index in [1.165, 1.54) is 25.7 Å². The summed E-state index contributed by atoms with van der Waals surface area (Å²) in [4.78, 5) is 0. The molecule has 3 heteroatoms. The third-order valence-electron chi connectivity index (χ3n) is 9.47. The Bertz CT molecular complexity index is 828. The topological polar surface area (TPSA) is 60.7 Å². The molecule has 3 aliphatic carbocycles. The number of hydrogen-bond donors (Lipinski definition) is 3. The standard InChI is InChI=1S/C31H48O3/c1-6-31(34,7-2)18-9-8-11-22(3)28-15-16-29-24(12-10-17-30(28,29)5)13-14-25-19-27(33)20-26(21-32)23(25)4/h8-9,11,13-14,18,22,26-29,32-34H,4,6-7,10,12,15-17,19-21H2,1-3,5H3/b11-8+,18-9+,24-13+,25-14-. The first-order valence-corrected chi connectivity index (χ1v) is 13.6. The molecular weight excluding hydrogens is 420 g/mol. The van der Waals surface area contributed by atoms with E-state index >= 15 is 0 Å². The van der Waals surface area contributed by atoms with E-state index in [0.29, 0.717) is 36.0 Å². The van der Waals surface area contributed by atoms with Crippen molar-refractivity contribution in [2.24, 2.45) is 29.1 Å². The zero-order chi connectivity index (χ0) is 24.9. The molecule has 0 amide bonds. The number of aliphatic hydroxyl groups excluding tert-OH is 2. The molecule has 3 nitrogen and oxygen atoms in total. The second kappa shape index (κ2) is 11.5.